The van der Waals surface area contributed by atoms with E-state index < -0.39 is 11.7 Å². The van der Waals surface area contributed by atoms with Crippen molar-refractivity contribution in [1.82, 2.24) is 24.7 Å². The maximum Gasteiger partial charge on any atom is 0.257 e. The quantitative estimate of drug-likeness (QED) is 0.465. The lowest BCUT2D eigenvalue weighted by molar-refractivity contribution is 0.102. The number of anilines is 2. The molecule has 1 aliphatic heterocycles. The summed E-state index contributed by atoms with van der Waals surface area (Å²) in [6, 6.07) is 5.51. The van der Waals surface area contributed by atoms with Gasteiger partial charge < -0.3 is 24.7 Å². The molecule has 1 fully saturated rings. The number of benzene rings is 1. The van der Waals surface area contributed by atoms with Crippen LogP contribution in [0.25, 0.3) is 16.7 Å². The van der Waals surface area contributed by atoms with Crippen LogP contribution >= 0.6 is 0 Å². The van der Waals surface area contributed by atoms with Gasteiger partial charge in [-0.3, -0.25) is 4.79 Å². The molecule has 0 bridgehead atoms. The van der Waals surface area contributed by atoms with Crippen LogP contribution in [0.3, 0.4) is 0 Å². The van der Waals surface area contributed by atoms with E-state index in [-0.39, 0.29) is 5.65 Å². The molecule has 0 saturated carbocycles. The number of nitrogens with one attached hydrogen (secondary N) is 2. The van der Waals surface area contributed by atoms with E-state index in [4.69, 9.17) is 14.7 Å². The van der Waals surface area contributed by atoms with Crippen molar-refractivity contribution in [1.29, 1.82) is 0 Å². The second kappa shape index (κ2) is 8.77. The summed E-state index contributed by atoms with van der Waals surface area (Å²) >= 11 is 0. The second-order valence-electron chi connectivity index (χ2n) is 9.17. The highest BCUT2D eigenvalue weighted by Gasteiger charge is 2.26. The molecule has 5 rings (SSSR count). The molecule has 1 aromatic carbocycles. The van der Waals surface area contributed by atoms with Gasteiger partial charge in [0, 0.05) is 43.6 Å². The third-order valence-corrected chi connectivity index (χ3v) is 6.15. The van der Waals surface area contributed by atoms with Crippen LogP contribution in [0.15, 0.2) is 30.6 Å². The number of aryl methyl sites for hydroxylation is 2. The highest BCUT2D eigenvalue weighted by molar-refractivity contribution is 6.13. The van der Waals surface area contributed by atoms with Crippen molar-refractivity contribution in [3.63, 3.8) is 0 Å². The number of aromatic nitrogens is 4. The van der Waals surface area contributed by atoms with Gasteiger partial charge in [-0.05, 0) is 39.8 Å². The Morgan fingerprint density at radius 3 is 2.57 bits per heavy atom. The van der Waals surface area contributed by atoms with E-state index in [2.05, 4.69) is 34.4 Å². The van der Waals surface area contributed by atoms with Crippen LogP contribution in [0.1, 0.15) is 35.6 Å². The van der Waals surface area contributed by atoms with Crippen molar-refractivity contribution >= 4 is 34.0 Å². The van der Waals surface area contributed by atoms with Crippen LogP contribution in [-0.2, 0) is 0 Å². The molecule has 9 nitrogen and oxygen atoms in total. The number of rotatable bonds is 4. The van der Waals surface area contributed by atoms with Crippen molar-refractivity contribution in [2.75, 3.05) is 30.4 Å². The molecule has 4 aromatic rings. The number of methoxy groups -OCH3 is 1. The van der Waals surface area contributed by atoms with Gasteiger partial charge in [-0.25, -0.2) is 19.3 Å². The molecular weight excluding hydrogens is 449 g/mol. The summed E-state index contributed by atoms with van der Waals surface area (Å²) in [5.74, 6) is -0.507. The number of carbonyl (C=O) groups excluding carboxylic acids is 1. The predicted molar refractivity (Wildman–Crippen MR) is 133 cm³/mol. The number of hydrogen-bond donors (Lipinski definition) is 2. The average molecular weight is 478 g/mol. The SMILES string of the molecule is COc1nc2c(N3C[C@@H](C)N[C@@H](C)C3)ccc(C(=O)Nc3cc(F)c4nc(C)cn4c3)c2nc1C. The van der Waals surface area contributed by atoms with E-state index in [1.54, 1.807) is 43.8 Å². The molecule has 4 heterocycles. The Kier molecular flexibility index (Phi) is 5.76. The Balaban J connectivity index is 1.57. The Labute approximate surface area is 202 Å². The molecule has 182 valence electrons. The van der Waals surface area contributed by atoms with E-state index in [1.807, 2.05) is 6.07 Å². The van der Waals surface area contributed by atoms with Crippen molar-refractivity contribution in [2.45, 2.75) is 39.8 Å². The number of amides is 1. The van der Waals surface area contributed by atoms with Crippen LogP contribution in [0.4, 0.5) is 15.8 Å². The zero-order chi connectivity index (χ0) is 24.9. The van der Waals surface area contributed by atoms with Gasteiger partial charge in [0.2, 0.25) is 5.88 Å². The van der Waals surface area contributed by atoms with Gasteiger partial charge in [-0.1, -0.05) is 0 Å². The van der Waals surface area contributed by atoms with Crippen LogP contribution in [0.2, 0.25) is 0 Å². The van der Waals surface area contributed by atoms with Gasteiger partial charge in [0.15, 0.2) is 11.5 Å². The lowest BCUT2D eigenvalue weighted by atomic mass is 10.1. The molecule has 3 aromatic heterocycles. The van der Waals surface area contributed by atoms with Crippen LogP contribution in [0, 0.1) is 19.7 Å². The number of hydrogen-bond acceptors (Lipinski definition) is 7. The molecule has 1 saturated heterocycles. The summed E-state index contributed by atoms with van der Waals surface area (Å²) in [7, 11) is 1.55. The van der Waals surface area contributed by atoms with E-state index in [1.165, 1.54) is 6.07 Å². The highest BCUT2D eigenvalue weighted by atomic mass is 19.1. The van der Waals surface area contributed by atoms with Crippen molar-refractivity contribution in [3.05, 3.63) is 53.4 Å². The maximum atomic E-state index is 14.5. The summed E-state index contributed by atoms with van der Waals surface area (Å²) in [5.41, 5.74) is 4.09. The number of carbonyl (C=O) groups is 1. The maximum absolute atomic E-state index is 14.5. The van der Waals surface area contributed by atoms with E-state index in [0.717, 1.165) is 18.8 Å². The first-order chi connectivity index (χ1) is 16.7. The van der Waals surface area contributed by atoms with Crippen LogP contribution < -0.4 is 20.3 Å². The molecule has 0 spiro atoms. The fourth-order valence-corrected chi connectivity index (χ4v) is 4.79. The molecular formula is C25H28FN7O2. The van der Waals surface area contributed by atoms with Gasteiger partial charge in [-0.15, -0.1) is 0 Å². The van der Waals surface area contributed by atoms with Gasteiger partial charge in [0.25, 0.3) is 5.91 Å². The predicted octanol–water partition coefficient (Wildman–Crippen LogP) is 3.48. The van der Waals surface area contributed by atoms with Gasteiger partial charge >= 0.3 is 0 Å². The van der Waals surface area contributed by atoms with Gasteiger partial charge in [0.05, 0.1) is 29.7 Å². The standard InChI is InChI=1S/C25H28FN7O2/c1-13-9-32(10-14(2)27-13)20-7-6-18(21-22(20)31-25(35-5)16(4)29-21)24(34)30-17-8-19(26)23-28-15(3)11-33(23)12-17/h6-8,11-14,27H,9-10H2,1-5H3,(H,30,34)/t13-,14+. The zero-order valence-corrected chi connectivity index (χ0v) is 20.4. The Bertz CT molecular complexity index is 1440. The minimum absolute atomic E-state index is 0.211. The zero-order valence-electron chi connectivity index (χ0n) is 20.4. The average Bonchev–Trinajstić information content (AvgIpc) is 3.18. The fraction of sp³-hybridized carbons (Fsp3) is 0.360. The second-order valence-corrected chi connectivity index (χ2v) is 9.17. The Morgan fingerprint density at radius 2 is 1.86 bits per heavy atom. The van der Waals surface area contributed by atoms with E-state index in [0.29, 0.717) is 51.6 Å². The summed E-state index contributed by atoms with van der Waals surface area (Å²) in [4.78, 5) is 29.2. The first-order valence-electron chi connectivity index (χ1n) is 11.6. The molecule has 0 unspecified atom stereocenters. The monoisotopic (exact) mass is 477 g/mol. The number of nitrogens with zero attached hydrogens (tertiary/aromatic N) is 5. The first-order valence-corrected chi connectivity index (χ1v) is 11.6. The molecule has 10 heteroatoms. The number of piperazine rings is 1. The summed E-state index contributed by atoms with van der Waals surface area (Å²) in [5, 5.41) is 6.33. The number of fused-ring (bicyclic) bond motifs is 2. The molecule has 0 aliphatic carbocycles. The third-order valence-electron chi connectivity index (χ3n) is 6.15. The number of halogens is 1. The normalized spacial score (nSPS) is 18.3. The minimum atomic E-state index is -0.515. The van der Waals surface area contributed by atoms with Crippen molar-refractivity contribution in [3.8, 4) is 5.88 Å². The first kappa shape index (κ1) is 23.0. The lowest BCUT2D eigenvalue weighted by Gasteiger charge is -2.38. The Morgan fingerprint density at radius 1 is 1.11 bits per heavy atom. The van der Waals surface area contributed by atoms with Crippen LogP contribution in [0.5, 0.6) is 5.88 Å². The lowest BCUT2D eigenvalue weighted by Crippen LogP contribution is -2.54. The molecule has 2 atom stereocenters. The molecule has 1 amide bonds. The largest absolute Gasteiger partial charge is 0.480 e. The van der Waals surface area contributed by atoms with Crippen LogP contribution in [-0.4, -0.2) is 57.5 Å². The number of imidazole rings is 1. The third kappa shape index (κ3) is 4.25. The number of pyridine rings is 1. The highest BCUT2D eigenvalue weighted by Crippen LogP contribution is 2.31. The summed E-state index contributed by atoms with van der Waals surface area (Å²) < 4.78 is 21.5. The van der Waals surface area contributed by atoms with E-state index >= 15 is 0 Å². The molecule has 0 radical (unpaired) electrons. The minimum Gasteiger partial charge on any atom is -0.480 e. The van der Waals surface area contributed by atoms with Gasteiger partial charge in [0.1, 0.15) is 16.7 Å². The van der Waals surface area contributed by atoms with Gasteiger partial charge in [-0.2, -0.15) is 0 Å². The van der Waals surface area contributed by atoms with E-state index in [9.17, 15) is 9.18 Å². The molecule has 1 aliphatic rings. The molecule has 35 heavy (non-hydrogen) atoms. The summed E-state index contributed by atoms with van der Waals surface area (Å²) in [6.07, 6.45) is 3.34. The Hall–Kier alpha value is -3.79. The smallest absolute Gasteiger partial charge is 0.257 e. The van der Waals surface area contributed by atoms with Crippen molar-refractivity contribution < 1.29 is 13.9 Å². The summed E-state index contributed by atoms with van der Waals surface area (Å²) in [6.45, 7) is 9.45. The molecule has 2 N–H and O–H groups in total. The topological polar surface area (TPSA) is 96.7 Å². The van der Waals surface area contributed by atoms with Crippen molar-refractivity contribution in [2.24, 2.45) is 0 Å². The number of ether oxygens (including phenoxy) is 1. The fourth-order valence-electron chi connectivity index (χ4n) is 4.79.